The lowest BCUT2D eigenvalue weighted by atomic mass is 9.98. The van der Waals surface area contributed by atoms with Gasteiger partial charge < -0.3 is 10.7 Å². The SMILES string of the molecule is Cc1cc(N)c(CS(=O)c2nc3ccccc3[nH]2)c(C)c1C. The maximum atomic E-state index is 12.6. The second-order valence-electron chi connectivity index (χ2n) is 5.56. The Labute approximate surface area is 132 Å². The summed E-state index contributed by atoms with van der Waals surface area (Å²) in [7, 11) is -1.25. The Morgan fingerprint density at radius 1 is 1.18 bits per heavy atom. The van der Waals surface area contributed by atoms with Gasteiger partial charge in [-0.2, -0.15) is 0 Å². The summed E-state index contributed by atoms with van der Waals surface area (Å²) in [5.74, 6) is 0.374. The van der Waals surface area contributed by atoms with E-state index in [2.05, 4.69) is 16.9 Å². The summed E-state index contributed by atoms with van der Waals surface area (Å²) in [5, 5.41) is 0.498. The first-order valence-electron chi connectivity index (χ1n) is 7.15. The molecule has 22 heavy (non-hydrogen) atoms. The predicted octanol–water partition coefficient (Wildman–Crippen LogP) is 3.38. The summed E-state index contributed by atoms with van der Waals surface area (Å²) >= 11 is 0. The second kappa shape index (κ2) is 5.57. The fourth-order valence-electron chi connectivity index (χ4n) is 2.60. The molecular weight excluding hydrogens is 294 g/mol. The third-order valence-corrected chi connectivity index (χ3v) is 5.36. The number of aryl methyl sites for hydroxylation is 1. The van der Waals surface area contributed by atoms with Crippen LogP contribution in [0.2, 0.25) is 0 Å². The quantitative estimate of drug-likeness (QED) is 0.728. The van der Waals surface area contributed by atoms with Gasteiger partial charge in [0, 0.05) is 5.69 Å². The first-order chi connectivity index (χ1) is 10.5. The molecule has 1 heterocycles. The number of nitrogens with two attached hydrogens (primary N) is 1. The normalized spacial score (nSPS) is 12.7. The topological polar surface area (TPSA) is 71.8 Å². The highest BCUT2D eigenvalue weighted by atomic mass is 32.2. The van der Waals surface area contributed by atoms with Gasteiger partial charge in [-0.1, -0.05) is 12.1 Å². The third-order valence-electron chi connectivity index (χ3n) is 4.19. The molecular formula is C17H19N3OS. The molecule has 0 aliphatic heterocycles. The molecule has 0 amide bonds. The van der Waals surface area contributed by atoms with Crippen LogP contribution in [-0.2, 0) is 16.6 Å². The van der Waals surface area contributed by atoms with Gasteiger partial charge in [-0.05, 0) is 61.2 Å². The number of benzene rings is 2. The van der Waals surface area contributed by atoms with Gasteiger partial charge in [-0.25, -0.2) is 4.98 Å². The summed E-state index contributed by atoms with van der Waals surface area (Å²) < 4.78 is 12.6. The van der Waals surface area contributed by atoms with Crippen molar-refractivity contribution in [1.82, 2.24) is 9.97 Å². The molecule has 0 bridgehead atoms. The molecule has 0 saturated carbocycles. The standard InChI is InChI=1S/C17H19N3OS/c1-10-8-14(18)13(12(3)11(10)2)9-22(21)17-19-15-6-4-5-7-16(15)20-17/h4-8H,9,18H2,1-3H3,(H,19,20). The number of imidazole rings is 1. The number of hydrogen-bond donors (Lipinski definition) is 2. The maximum absolute atomic E-state index is 12.6. The van der Waals surface area contributed by atoms with Gasteiger partial charge in [0.25, 0.3) is 0 Å². The van der Waals surface area contributed by atoms with E-state index in [4.69, 9.17) is 5.73 Å². The van der Waals surface area contributed by atoms with E-state index in [0.29, 0.717) is 16.6 Å². The van der Waals surface area contributed by atoms with E-state index in [9.17, 15) is 4.21 Å². The predicted molar refractivity (Wildman–Crippen MR) is 91.3 cm³/mol. The number of aromatic nitrogens is 2. The number of fused-ring (bicyclic) bond motifs is 1. The lowest BCUT2D eigenvalue weighted by molar-refractivity contribution is 0.677. The van der Waals surface area contributed by atoms with Gasteiger partial charge in [0.2, 0.25) is 0 Å². The van der Waals surface area contributed by atoms with Crippen molar-refractivity contribution in [3.63, 3.8) is 0 Å². The fraction of sp³-hybridized carbons (Fsp3) is 0.235. The van der Waals surface area contributed by atoms with Crippen molar-refractivity contribution < 1.29 is 4.21 Å². The van der Waals surface area contributed by atoms with Crippen LogP contribution in [0.5, 0.6) is 0 Å². The highest BCUT2D eigenvalue weighted by molar-refractivity contribution is 7.84. The molecule has 3 N–H and O–H groups in total. The van der Waals surface area contributed by atoms with Gasteiger partial charge in [-0.15, -0.1) is 0 Å². The van der Waals surface area contributed by atoms with E-state index in [1.807, 2.05) is 44.2 Å². The summed E-state index contributed by atoms with van der Waals surface area (Å²) in [4.78, 5) is 7.54. The minimum atomic E-state index is -1.25. The van der Waals surface area contributed by atoms with Gasteiger partial charge in [0.05, 0.1) is 27.6 Å². The Kier molecular flexibility index (Phi) is 3.74. The monoisotopic (exact) mass is 313 g/mol. The molecule has 0 radical (unpaired) electrons. The van der Waals surface area contributed by atoms with Crippen LogP contribution < -0.4 is 5.73 Å². The largest absolute Gasteiger partial charge is 0.398 e. The molecule has 1 unspecified atom stereocenters. The first-order valence-corrected chi connectivity index (χ1v) is 8.47. The number of nitrogens with zero attached hydrogens (tertiary/aromatic N) is 1. The molecule has 3 aromatic rings. The molecule has 5 heteroatoms. The number of anilines is 1. The molecule has 0 aliphatic carbocycles. The van der Waals surface area contributed by atoms with E-state index >= 15 is 0 Å². The average Bonchev–Trinajstić information content (AvgIpc) is 2.93. The number of aromatic amines is 1. The fourth-order valence-corrected chi connectivity index (χ4v) is 3.80. The molecule has 2 aromatic carbocycles. The van der Waals surface area contributed by atoms with E-state index in [1.54, 1.807) is 0 Å². The zero-order valence-electron chi connectivity index (χ0n) is 12.9. The average molecular weight is 313 g/mol. The Bertz CT molecular complexity index is 850. The Morgan fingerprint density at radius 2 is 1.91 bits per heavy atom. The van der Waals surface area contributed by atoms with Crippen molar-refractivity contribution in [2.75, 3.05) is 5.73 Å². The first kappa shape index (κ1) is 14.8. The van der Waals surface area contributed by atoms with E-state index in [0.717, 1.165) is 27.7 Å². The summed E-state index contributed by atoms with van der Waals surface area (Å²) in [6.07, 6.45) is 0. The second-order valence-corrected chi connectivity index (χ2v) is 6.93. The summed E-state index contributed by atoms with van der Waals surface area (Å²) in [5.41, 5.74) is 13.0. The van der Waals surface area contributed by atoms with Gasteiger partial charge in [-0.3, -0.25) is 4.21 Å². The van der Waals surface area contributed by atoms with Crippen molar-refractivity contribution >= 4 is 27.5 Å². The van der Waals surface area contributed by atoms with E-state index < -0.39 is 10.8 Å². The minimum Gasteiger partial charge on any atom is -0.398 e. The Balaban J connectivity index is 1.96. The Hall–Kier alpha value is -2.14. The van der Waals surface area contributed by atoms with Gasteiger partial charge in [0.1, 0.15) is 0 Å². The molecule has 1 aromatic heterocycles. The van der Waals surface area contributed by atoms with Crippen LogP contribution in [-0.4, -0.2) is 14.2 Å². The minimum absolute atomic E-state index is 0.374. The molecule has 0 saturated heterocycles. The third kappa shape index (κ3) is 2.52. The number of nitrogens with one attached hydrogen (secondary N) is 1. The number of rotatable bonds is 3. The summed E-state index contributed by atoms with van der Waals surface area (Å²) in [6.45, 7) is 6.14. The van der Waals surface area contributed by atoms with Crippen LogP contribution in [0.15, 0.2) is 35.5 Å². The van der Waals surface area contributed by atoms with Crippen LogP contribution in [0.3, 0.4) is 0 Å². The number of H-pyrrole nitrogens is 1. The van der Waals surface area contributed by atoms with Crippen LogP contribution in [0.25, 0.3) is 11.0 Å². The van der Waals surface area contributed by atoms with Crippen molar-refractivity contribution in [1.29, 1.82) is 0 Å². The molecule has 4 nitrogen and oxygen atoms in total. The molecule has 1 atom stereocenters. The van der Waals surface area contributed by atoms with E-state index in [1.165, 1.54) is 5.56 Å². The van der Waals surface area contributed by atoms with Crippen LogP contribution in [0.4, 0.5) is 5.69 Å². The molecule has 114 valence electrons. The lowest BCUT2D eigenvalue weighted by Gasteiger charge is -2.13. The molecule has 0 aliphatic rings. The zero-order valence-corrected chi connectivity index (χ0v) is 13.8. The van der Waals surface area contributed by atoms with Gasteiger partial charge in [0.15, 0.2) is 5.16 Å². The van der Waals surface area contributed by atoms with Crippen molar-refractivity contribution in [2.24, 2.45) is 0 Å². The van der Waals surface area contributed by atoms with Crippen LogP contribution in [0.1, 0.15) is 22.3 Å². The zero-order chi connectivity index (χ0) is 15.9. The van der Waals surface area contributed by atoms with Gasteiger partial charge >= 0.3 is 0 Å². The van der Waals surface area contributed by atoms with Crippen LogP contribution in [0, 0.1) is 20.8 Å². The molecule has 3 rings (SSSR count). The van der Waals surface area contributed by atoms with Crippen molar-refractivity contribution in [3.05, 3.63) is 52.6 Å². The highest BCUT2D eigenvalue weighted by Gasteiger charge is 2.15. The molecule has 0 spiro atoms. The molecule has 0 fully saturated rings. The lowest BCUT2D eigenvalue weighted by Crippen LogP contribution is -2.06. The summed E-state index contributed by atoms with van der Waals surface area (Å²) in [6, 6.07) is 9.63. The van der Waals surface area contributed by atoms with Crippen LogP contribution >= 0.6 is 0 Å². The number of para-hydroxylation sites is 2. The smallest absolute Gasteiger partial charge is 0.197 e. The van der Waals surface area contributed by atoms with Crippen molar-refractivity contribution in [2.45, 2.75) is 31.7 Å². The van der Waals surface area contributed by atoms with Crippen molar-refractivity contribution in [3.8, 4) is 0 Å². The number of nitrogen functional groups attached to an aromatic ring is 1. The Morgan fingerprint density at radius 3 is 2.64 bits per heavy atom. The highest BCUT2D eigenvalue weighted by Crippen LogP contribution is 2.26. The number of hydrogen-bond acceptors (Lipinski definition) is 3. The van der Waals surface area contributed by atoms with E-state index in [-0.39, 0.29) is 0 Å². The maximum Gasteiger partial charge on any atom is 0.197 e.